The number of aromatic nitrogens is 2. The normalized spacial score (nSPS) is 9.90. The Balaban J connectivity index is 2.33. The van der Waals surface area contributed by atoms with Crippen molar-refractivity contribution in [3.63, 3.8) is 0 Å². The lowest BCUT2D eigenvalue weighted by atomic mass is 10.1. The molecule has 0 saturated carbocycles. The highest BCUT2D eigenvalue weighted by Gasteiger charge is 2.12. The molecule has 0 unspecified atom stereocenters. The van der Waals surface area contributed by atoms with E-state index < -0.39 is 0 Å². The molecule has 0 aliphatic heterocycles. The first kappa shape index (κ1) is 13.7. The molecule has 1 heterocycles. The Labute approximate surface area is 117 Å². The Morgan fingerprint density at radius 1 is 1.20 bits per heavy atom. The van der Waals surface area contributed by atoms with E-state index in [0.29, 0.717) is 28.2 Å². The Bertz CT molecular complexity index is 716. The van der Waals surface area contributed by atoms with Crippen molar-refractivity contribution in [2.75, 3.05) is 5.32 Å². The number of benzene rings is 1. The molecule has 0 radical (unpaired) electrons. The average molecular weight is 266 g/mol. The number of amides is 1. The second kappa shape index (κ2) is 5.49. The van der Waals surface area contributed by atoms with Gasteiger partial charge in [0.2, 0.25) is 0 Å². The predicted molar refractivity (Wildman–Crippen MR) is 75.4 cm³/mol. The summed E-state index contributed by atoms with van der Waals surface area (Å²) in [6, 6.07) is 8.93. The number of nitriles is 1. The molecule has 0 saturated heterocycles. The molecule has 2 rings (SSSR count). The SMILES string of the molecule is Cc1cc(C(=O)Nc2cc(C#N)ccc2C)c(C)nn1. The topological polar surface area (TPSA) is 78.7 Å². The predicted octanol–water partition coefficient (Wildman–Crippen LogP) is 2.53. The van der Waals surface area contributed by atoms with E-state index in [1.54, 1.807) is 38.1 Å². The highest BCUT2D eigenvalue weighted by atomic mass is 16.1. The molecular formula is C15H14N4O. The van der Waals surface area contributed by atoms with Gasteiger partial charge in [-0.1, -0.05) is 6.07 Å². The number of carbonyl (C=O) groups excluding carboxylic acids is 1. The van der Waals surface area contributed by atoms with Gasteiger partial charge in [0, 0.05) is 5.69 Å². The largest absolute Gasteiger partial charge is 0.322 e. The van der Waals surface area contributed by atoms with Crippen molar-refractivity contribution in [3.05, 3.63) is 52.3 Å². The average Bonchev–Trinajstić information content (AvgIpc) is 2.43. The van der Waals surface area contributed by atoms with E-state index in [-0.39, 0.29) is 5.91 Å². The minimum Gasteiger partial charge on any atom is -0.322 e. The Morgan fingerprint density at radius 2 is 1.95 bits per heavy atom. The minimum absolute atomic E-state index is 0.251. The second-order valence-electron chi connectivity index (χ2n) is 4.58. The molecule has 1 aromatic heterocycles. The van der Waals surface area contributed by atoms with Gasteiger partial charge in [-0.05, 0) is 44.5 Å². The number of aryl methyl sites for hydroxylation is 3. The van der Waals surface area contributed by atoms with Crippen molar-refractivity contribution in [2.24, 2.45) is 0 Å². The molecule has 0 aliphatic rings. The van der Waals surface area contributed by atoms with E-state index in [4.69, 9.17) is 5.26 Å². The van der Waals surface area contributed by atoms with Crippen LogP contribution in [-0.2, 0) is 0 Å². The Hall–Kier alpha value is -2.74. The number of carbonyl (C=O) groups is 1. The molecule has 1 N–H and O–H groups in total. The fourth-order valence-electron chi connectivity index (χ4n) is 1.80. The maximum Gasteiger partial charge on any atom is 0.257 e. The first-order valence-corrected chi connectivity index (χ1v) is 6.14. The van der Waals surface area contributed by atoms with Crippen molar-refractivity contribution in [1.29, 1.82) is 5.26 Å². The highest BCUT2D eigenvalue weighted by molar-refractivity contribution is 6.05. The molecule has 0 bridgehead atoms. The maximum absolute atomic E-state index is 12.3. The second-order valence-corrected chi connectivity index (χ2v) is 4.58. The molecule has 0 fully saturated rings. The molecule has 5 nitrogen and oxygen atoms in total. The molecule has 0 atom stereocenters. The van der Waals surface area contributed by atoms with Crippen LogP contribution in [0.15, 0.2) is 24.3 Å². The van der Waals surface area contributed by atoms with Gasteiger partial charge < -0.3 is 5.32 Å². The van der Waals surface area contributed by atoms with Gasteiger partial charge in [-0.15, -0.1) is 0 Å². The van der Waals surface area contributed by atoms with E-state index in [1.807, 2.05) is 6.92 Å². The van der Waals surface area contributed by atoms with Gasteiger partial charge in [0.25, 0.3) is 5.91 Å². The van der Waals surface area contributed by atoms with Crippen LogP contribution in [0.2, 0.25) is 0 Å². The summed E-state index contributed by atoms with van der Waals surface area (Å²) in [5.41, 5.74) is 3.77. The summed E-state index contributed by atoms with van der Waals surface area (Å²) in [6.07, 6.45) is 0. The van der Waals surface area contributed by atoms with Crippen LogP contribution in [0.3, 0.4) is 0 Å². The summed E-state index contributed by atoms with van der Waals surface area (Å²) in [4.78, 5) is 12.3. The van der Waals surface area contributed by atoms with E-state index in [0.717, 1.165) is 5.56 Å². The number of rotatable bonds is 2. The van der Waals surface area contributed by atoms with Crippen LogP contribution in [0.4, 0.5) is 5.69 Å². The zero-order valence-corrected chi connectivity index (χ0v) is 11.6. The van der Waals surface area contributed by atoms with Crippen molar-refractivity contribution in [1.82, 2.24) is 10.2 Å². The fraction of sp³-hybridized carbons (Fsp3) is 0.200. The molecule has 100 valence electrons. The molecule has 2 aromatic rings. The van der Waals surface area contributed by atoms with Gasteiger partial charge in [0.05, 0.1) is 28.6 Å². The van der Waals surface area contributed by atoms with Gasteiger partial charge in [-0.2, -0.15) is 15.5 Å². The maximum atomic E-state index is 12.3. The summed E-state index contributed by atoms with van der Waals surface area (Å²) in [5, 5.41) is 19.6. The van der Waals surface area contributed by atoms with Crippen LogP contribution in [0.1, 0.15) is 32.9 Å². The molecule has 1 aromatic carbocycles. The van der Waals surface area contributed by atoms with Gasteiger partial charge in [0.15, 0.2) is 0 Å². The Morgan fingerprint density at radius 3 is 2.65 bits per heavy atom. The molecule has 1 amide bonds. The van der Waals surface area contributed by atoms with Crippen molar-refractivity contribution >= 4 is 11.6 Å². The van der Waals surface area contributed by atoms with Crippen LogP contribution in [0, 0.1) is 32.1 Å². The Kier molecular flexibility index (Phi) is 3.76. The first-order chi connectivity index (χ1) is 9.51. The minimum atomic E-state index is -0.251. The first-order valence-electron chi connectivity index (χ1n) is 6.14. The van der Waals surface area contributed by atoms with E-state index in [1.165, 1.54) is 0 Å². The van der Waals surface area contributed by atoms with Gasteiger partial charge in [0.1, 0.15) is 0 Å². The summed E-state index contributed by atoms with van der Waals surface area (Å²) in [6.45, 7) is 5.39. The standard InChI is InChI=1S/C15H14N4O/c1-9-4-5-12(8-16)7-14(9)17-15(20)13-6-10(2)18-19-11(13)3/h4-7H,1-3H3,(H,17,20). The lowest BCUT2D eigenvalue weighted by Gasteiger charge is -2.10. The number of nitrogens with zero attached hydrogens (tertiary/aromatic N) is 3. The third-order valence-electron chi connectivity index (χ3n) is 2.96. The van der Waals surface area contributed by atoms with Crippen molar-refractivity contribution in [3.8, 4) is 6.07 Å². The summed E-state index contributed by atoms with van der Waals surface area (Å²) in [5.74, 6) is -0.251. The summed E-state index contributed by atoms with van der Waals surface area (Å²) < 4.78 is 0. The molecule has 5 heteroatoms. The van der Waals surface area contributed by atoms with Gasteiger partial charge >= 0.3 is 0 Å². The lowest BCUT2D eigenvalue weighted by Crippen LogP contribution is -2.15. The monoisotopic (exact) mass is 266 g/mol. The van der Waals surface area contributed by atoms with E-state index >= 15 is 0 Å². The zero-order chi connectivity index (χ0) is 14.7. The third-order valence-corrected chi connectivity index (χ3v) is 2.96. The third kappa shape index (κ3) is 2.81. The van der Waals surface area contributed by atoms with Crippen LogP contribution >= 0.6 is 0 Å². The molecule has 20 heavy (non-hydrogen) atoms. The van der Waals surface area contributed by atoms with E-state index in [2.05, 4.69) is 21.6 Å². The highest BCUT2D eigenvalue weighted by Crippen LogP contribution is 2.18. The zero-order valence-electron chi connectivity index (χ0n) is 11.6. The van der Waals surface area contributed by atoms with Crippen molar-refractivity contribution < 1.29 is 4.79 Å². The molecule has 0 spiro atoms. The molecule has 0 aliphatic carbocycles. The van der Waals surface area contributed by atoms with Crippen LogP contribution in [-0.4, -0.2) is 16.1 Å². The molecular weight excluding hydrogens is 252 g/mol. The van der Waals surface area contributed by atoms with Gasteiger partial charge in [-0.3, -0.25) is 4.79 Å². The fourth-order valence-corrected chi connectivity index (χ4v) is 1.80. The van der Waals surface area contributed by atoms with Crippen LogP contribution < -0.4 is 5.32 Å². The van der Waals surface area contributed by atoms with Crippen LogP contribution in [0.5, 0.6) is 0 Å². The summed E-state index contributed by atoms with van der Waals surface area (Å²) >= 11 is 0. The number of hydrogen-bond donors (Lipinski definition) is 1. The van der Waals surface area contributed by atoms with Gasteiger partial charge in [-0.25, -0.2) is 0 Å². The van der Waals surface area contributed by atoms with Crippen molar-refractivity contribution in [2.45, 2.75) is 20.8 Å². The number of hydrogen-bond acceptors (Lipinski definition) is 4. The smallest absolute Gasteiger partial charge is 0.257 e. The van der Waals surface area contributed by atoms with Crippen LogP contribution in [0.25, 0.3) is 0 Å². The van der Waals surface area contributed by atoms with E-state index in [9.17, 15) is 4.79 Å². The summed E-state index contributed by atoms with van der Waals surface area (Å²) in [7, 11) is 0. The number of nitrogens with one attached hydrogen (secondary N) is 1. The lowest BCUT2D eigenvalue weighted by molar-refractivity contribution is 0.102. The quantitative estimate of drug-likeness (QED) is 0.905. The number of anilines is 1.